The molecule has 1 unspecified atom stereocenters. The quantitative estimate of drug-likeness (QED) is 0.793. The number of hydrogen-bond acceptors (Lipinski definition) is 5. The molecule has 84 valence electrons. The summed E-state index contributed by atoms with van der Waals surface area (Å²) < 4.78 is 5.28. The molecule has 0 spiro atoms. The van der Waals surface area contributed by atoms with Gasteiger partial charge in [0.2, 0.25) is 0 Å². The minimum Gasteiger partial charge on any atom is -0.397 e. The summed E-state index contributed by atoms with van der Waals surface area (Å²) in [6.45, 7) is 1.65. The monoisotopic (exact) mass is 218 g/mol. The van der Waals surface area contributed by atoms with Crippen molar-refractivity contribution < 1.29 is 4.74 Å². The van der Waals surface area contributed by atoms with E-state index in [0.717, 1.165) is 19.5 Å². The smallest absolute Gasteiger partial charge is 0.146 e. The molecule has 0 saturated carbocycles. The maximum atomic E-state index is 9.02. The summed E-state index contributed by atoms with van der Waals surface area (Å²) in [7, 11) is 1.70. The first kappa shape index (κ1) is 10.7. The van der Waals surface area contributed by atoms with Crippen molar-refractivity contribution in [2.45, 2.75) is 12.5 Å². The Hall–Kier alpha value is -1.80. The van der Waals surface area contributed by atoms with Crippen LogP contribution in [0.3, 0.4) is 0 Å². The van der Waals surface area contributed by atoms with Crippen LogP contribution in [0.25, 0.3) is 0 Å². The Bertz CT molecular complexity index is 426. The van der Waals surface area contributed by atoms with E-state index in [1.165, 1.54) is 0 Å². The van der Waals surface area contributed by atoms with E-state index in [9.17, 15) is 0 Å². The normalized spacial score (nSPS) is 19.8. The van der Waals surface area contributed by atoms with Gasteiger partial charge in [-0.05, 0) is 12.5 Å². The topological polar surface area (TPSA) is 75.2 Å². The van der Waals surface area contributed by atoms with E-state index < -0.39 is 0 Å². The zero-order chi connectivity index (χ0) is 11.5. The molecule has 2 rings (SSSR count). The number of nitrogen functional groups attached to an aromatic ring is 1. The minimum atomic E-state index is 0.228. The number of nitriles is 1. The van der Waals surface area contributed by atoms with Gasteiger partial charge >= 0.3 is 0 Å². The highest BCUT2D eigenvalue weighted by Gasteiger charge is 2.24. The van der Waals surface area contributed by atoms with Gasteiger partial charge < -0.3 is 15.4 Å². The van der Waals surface area contributed by atoms with Crippen LogP contribution < -0.4 is 10.6 Å². The molecular weight excluding hydrogens is 204 g/mol. The number of rotatable bonds is 2. The summed E-state index contributed by atoms with van der Waals surface area (Å²) in [5, 5.41) is 9.02. The van der Waals surface area contributed by atoms with Crippen molar-refractivity contribution in [3.63, 3.8) is 0 Å². The van der Waals surface area contributed by atoms with Crippen LogP contribution in [0.5, 0.6) is 0 Å². The van der Waals surface area contributed by atoms with Gasteiger partial charge in [0.05, 0.1) is 23.6 Å². The number of pyridine rings is 1. The highest BCUT2D eigenvalue weighted by Crippen LogP contribution is 2.24. The number of methoxy groups -OCH3 is 1. The molecule has 0 aromatic carbocycles. The predicted molar refractivity (Wildman–Crippen MR) is 61.0 cm³/mol. The lowest BCUT2D eigenvalue weighted by Crippen LogP contribution is -2.24. The maximum Gasteiger partial charge on any atom is 0.146 e. The number of ether oxygens (including phenoxy) is 1. The third-order valence-electron chi connectivity index (χ3n) is 2.79. The van der Waals surface area contributed by atoms with Crippen LogP contribution in [-0.2, 0) is 4.74 Å². The molecule has 5 heteroatoms. The average Bonchev–Trinajstić information content (AvgIpc) is 2.77. The number of nitrogens with zero attached hydrogens (tertiary/aromatic N) is 3. The van der Waals surface area contributed by atoms with Crippen molar-refractivity contribution in [1.82, 2.24) is 4.98 Å². The lowest BCUT2D eigenvalue weighted by atomic mass is 10.2. The van der Waals surface area contributed by atoms with Gasteiger partial charge in [0.1, 0.15) is 11.9 Å². The first-order chi connectivity index (χ1) is 7.74. The lowest BCUT2D eigenvalue weighted by molar-refractivity contribution is 0.121. The van der Waals surface area contributed by atoms with E-state index in [1.807, 2.05) is 0 Å². The SMILES string of the molecule is COC1CCN(c2ncc(N)cc2C#N)C1. The van der Waals surface area contributed by atoms with Gasteiger partial charge in [0, 0.05) is 20.2 Å². The van der Waals surface area contributed by atoms with Gasteiger partial charge in [0.15, 0.2) is 0 Å². The molecule has 1 aliphatic rings. The van der Waals surface area contributed by atoms with Gasteiger partial charge in [-0.3, -0.25) is 0 Å². The Morgan fingerprint density at radius 3 is 3.12 bits per heavy atom. The summed E-state index contributed by atoms with van der Waals surface area (Å²) in [6, 6.07) is 3.78. The highest BCUT2D eigenvalue weighted by atomic mass is 16.5. The fraction of sp³-hybridized carbons (Fsp3) is 0.455. The average molecular weight is 218 g/mol. The van der Waals surface area contributed by atoms with Crippen molar-refractivity contribution in [2.24, 2.45) is 0 Å². The maximum absolute atomic E-state index is 9.02. The zero-order valence-corrected chi connectivity index (χ0v) is 9.18. The van der Waals surface area contributed by atoms with E-state index in [2.05, 4.69) is 16.0 Å². The van der Waals surface area contributed by atoms with Crippen LogP contribution in [0.15, 0.2) is 12.3 Å². The number of aromatic nitrogens is 1. The Balaban J connectivity index is 2.25. The van der Waals surface area contributed by atoms with Gasteiger partial charge in [-0.15, -0.1) is 0 Å². The molecule has 1 aromatic heterocycles. The molecule has 0 radical (unpaired) electrons. The Morgan fingerprint density at radius 2 is 2.50 bits per heavy atom. The second kappa shape index (κ2) is 4.37. The molecule has 1 aliphatic heterocycles. The second-order valence-electron chi connectivity index (χ2n) is 3.84. The van der Waals surface area contributed by atoms with Crippen LogP contribution in [-0.4, -0.2) is 31.3 Å². The van der Waals surface area contributed by atoms with Crippen LogP contribution in [0, 0.1) is 11.3 Å². The third-order valence-corrected chi connectivity index (χ3v) is 2.79. The van der Waals surface area contributed by atoms with Gasteiger partial charge in [-0.25, -0.2) is 4.98 Å². The molecular formula is C11H14N4O. The van der Waals surface area contributed by atoms with E-state index in [4.69, 9.17) is 15.7 Å². The van der Waals surface area contributed by atoms with Crippen molar-refractivity contribution in [1.29, 1.82) is 5.26 Å². The fourth-order valence-electron chi connectivity index (χ4n) is 1.92. The van der Waals surface area contributed by atoms with Crippen molar-refractivity contribution in [2.75, 3.05) is 30.8 Å². The molecule has 1 aromatic rings. The van der Waals surface area contributed by atoms with Crippen molar-refractivity contribution in [3.05, 3.63) is 17.8 Å². The molecule has 2 heterocycles. The number of nitrogens with two attached hydrogens (primary N) is 1. The second-order valence-corrected chi connectivity index (χ2v) is 3.84. The molecule has 0 aliphatic carbocycles. The van der Waals surface area contributed by atoms with E-state index in [1.54, 1.807) is 19.4 Å². The zero-order valence-electron chi connectivity index (χ0n) is 9.18. The van der Waals surface area contributed by atoms with Crippen LogP contribution in [0.2, 0.25) is 0 Å². The standard InChI is InChI=1S/C11H14N4O/c1-16-10-2-3-15(7-10)11-8(5-12)4-9(13)6-14-11/h4,6,10H,2-3,7,13H2,1H3. The van der Waals surface area contributed by atoms with Gasteiger partial charge in [-0.2, -0.15) is 5.26 Å². The van der Waals surface area contributed by atoms with Crippen LogP contribution >= 0.6 is 0 Å². The van der Waals surface area contributed by atoms with Crippen molar-refractivity contribution in [3.8, 4) is 6.07 Å². The molecule has 1 atom stereocenters. The van der Waals surface area contributed by atoms with Gasteiger partial charge in [-0.1, -0.05) is 0 Å². The van der Waals surface area contributed by atoms with Crippen LogP contribution in [0.1, 0.15) is 12.0 Å². The third kappa shape index (κ3) is 1.92. The van der Waals surface area contributed by atoms with E-state index in [0.29, 0.717) is 17.1 Å². The first-order valence-electron chi connectivity index (χ1n) is 5.18. The summed E-state index contributed by atoms with van der Waals surface area (Å²) in [6.07, 6.45) is 2.77. The molecule has 1 saturated heterocycles. The Kier molecular flexibility index (Phi) is 2.93. The summed E-state index contributed by atoms with van der Waals surface area (Å²) in [4.78, 5) is 6.28. The Morgan fingerprint density at radius 1 is 1.69 bits per heavy atom. The Labute approximate surface area is 94.4 Å². The molecule has 0 bridgehead atoms. The first-order valence-corrected chi connectivity index (χ1v) is 5.18. The summed E-state index contributed by atoms with van der Waals surface area (Å²) in [5.74, 6) is 0.705. The molecule has 2 N–H and O–H groups in total. The largest absolute Gasteiger partial charge is 0.397 e. The van der Waals surface area contributed by atoms with Crippen LogP contribution in [0.4, 0.5) is 11.5 Å². The summed E-state index contributed by atoms with van der Waals surface area (Å²) >= 11 is 0. The van der Waals surface area contributed by atoms with Gasteiger partial charge in [0.25, 0.3) is 0 Å². The van der Waals surface area contributed by atoms with Crippen molar-refractivity contribution >= 4 is 11.5 Å². The minimum absolute atomic E-state index is 0.228. The number of anilines is 2. The predicted octanol–water partition coefficient (Wildman–Crippen LogP) is 0.761. The molecule has 5 nitrogen and oxygen atoms in total. The van der Waals surface area contributed by atoms with E-state index in [-0.39, 0.29) is 6.10 Å². The summed E-state index contributed by atoms with van der Waals surface area (Å²) in [5.41, 5.74) is 6.64. The lowest BCUT2D eigenvalue weighted by Gasteiger charge is -2.18. The van der Waals surface area contributed by atoms with E-state index >= 15 is 0 Å². The number of hydrogen-bond donors (Lipinski definition) is 1. The molecule has 0 amide bonds. The fourth-order valence-corrected chi connectivity index (χ4v) is 1.92. The molecule has 1 fully saturated rings. The highest BCUT2D eigenvalue weighted by molar-refractivity contribution is 5.59. The molecule has 16 heavy (non-hydrogen) atoms.